The minimum Gasteiger partial charge on any atom is -0.466 e. The topological polar surface area (TPSA) is 52.6 Å². The van der Waals surface area contributed by atoms with E-state index in [-0.39, 0.29) is 11.9 Å². The normalized spacial score (nSPS) is 11.4. The van der Waals surface area contributed by atoms with Gasteiger partial charge in [-0.3, -0.25) is 4.79 Å². The molecule has 0 aliphatic heterocycles. The highest BCUT2D eigenvalue weighted by molar-refractivity contribution is 5.86. The first-order chi connectivity index (χ1) is 9.80. The summed E-state index contributed by atoms with van der Waals surface area (Å²) in [5, 5.41) is 0. The van der Waals surface area contributed by atoms with Crippen LogP contribution < -0.4 is 0 Å². The second-order valence-electron chi connectivity index (χ2n) is 5.68. The maximum absolute atomic E-state index is 11.6. The highest BCUT2D eigenvalue weighted by Gasteiger charge is 2.15. The van der Waals surface area contributed by atoms with E-state index in [1.165, 1.54) is 13.2 Å². The molecule has 0 N–H and O–H groups in total. The summed E-state index contributed by atoms with van der Waals surface area (Å²) in [6, 6.07) is 7.65. The van der Waals surface area contributed by atoms with Gasteiger partial charge in [-0.05, 0) is 44.4 Å². The van der Waals surface area contributed by atoms with Gasteiger partial charge in [0.1, 0.15) is 5.60 Å². The van der Waals surface area contributed by atoms with Gasteiger partial charge < -0.3 is 9.47 Å². The Bertz CT molecular complexity index is 507. The van der Waals surface area contributed by atoms with Crippen LogP contribution in [0.1, 0.15) is 38.3 Å². The average molecular weight is 290 g/mol. The van der Waals surface area contributed by atoms with Crippen molar-refractivity contribution >= 4 is 18.0 Å². The summed E-state index contributed by atoms with van der Waals surface area (Å²) >= 11 is 0. The van der Waals surface area contributed by atoms with Crippen molar-refractivity contribution in [3.05, 3.63) is 41.5 Å². The summed E-state index contributed by atoms with van der Waals surface area (Å²) in [7, 11) is 1.34. The summed E-state index contributed by atoms with van der Waals surface area (Å²) in [4.78, 5) is 22.6. The van der Waals surface area contributed by atoms with E-state index in [9.17, 15) is 9.59 Å². The monoisotopic (exact) mass is 290 g/mol. The lowest BCUT2D eigenvalue weighted by molar-refractivity contribution is -0.154. The molecule has 0 bridgehead atoms. The molecular weight excluding hydrogens is 268 g/mol. The number of benzene rings is 1. The van der Waals surface area contributed by atoms with E-state index in [0.29, 0.717) is 12.8 Å². The van der Waals surface area contributed by atoms with E-state index >= 15 is 0 Å². The molecule has 0 spiro atoms. The van der Waals surface area contributed by atoms with E-state index < -0.39 is 5.60 Å². The van der Waals surface area contributed by atoms with Crippen LogP contribution in [0.15, 0.2) is 30.3 Å². The fourth-order valence-electron chi connectivity index (χ4n) is 1.67. The Morgan fingerprint density at radius 3 is 2.29 bits per heavy atom. The van der Waals surface area contributed by atoms with Gasteiger partial charge >= 0.3 is 11.9 Å². The molecule has 21 heavy (non-hydrogen) atoms. The maximum Gasteiger partial charge on any atom is 0.330 e. The van der Waals surface area contributed by atoms with Crippen molar-refractivity contribution in [1.29, 1.82) is 0 Å². The van der Waals surface area contributed by atoms with Gasteiger partial charge in [0.2, 0.25) is 0 Å². The molecule has 0 radical (unpaired) electrons. The van der Waals surface area contributed by atoms with Crippen LogP contribution in [-0.2, 0) is 25.5 Å². The molecule has 1 rings (SSSR count). The van der Waals surface area contributed by atoms with Gasteiger partial charge in [0, 0.05) is 12.5 Å². The number of hydrogen-bond donors (Lipinski definition) is 0. The molecule has 0 saturated carbocycles. The molecule has 1 aromatic carbocycles. The largest absolute Gasteiger partial charge is 0.466 e. The molecule has 0 aromatic heterocycles. The molecule has 0 atom stereocenters. The third kappa shape index (κ3) is 7.30. The third-order valence-corrected chi connectivity index (χ3v) is 2.63. The number of carbonyl (C=O) groups is 2. The Balaban J connectivity index is 2.50. The Hall–Kier alpha value is -2.10. The number of aryl methyl sites for hydroxylation is 1. The van der Waals surface area contributed by atoms with Crippen molar-refractivity contribution in [3.63, 3.8) is 0 Å². The standard InChI is InChI=1S/C17H22O4/c1-17(2,3)21-16(19)12-10-14-7-5-13(6-8-14)9-11-15(18)20-4/h5-9,11H,10,12H2,1-4H3/b11-9+. The SMILES string of the molecule is COC(=O)/C=C/c1ccc(CCC(=O)OC(C)(C)C)cc1. The molecule has 0 saturated heterocycles. The molecule has 0 heterocycles. The van der Waals surface area contributed by atoms with Crippen molar-refractivity contribution in [2.24, 2.45) is 0 Å². The van der Waals surface area contributed by atoms with Crippen molar-refractivity contribution < 1.29 is 19.1 Å². The zero-order chi connectivity index (χ0) is 15.9. The fraction of sp³-hybridized carbons (Fsp3) is 0.412. The minimum absolute atomic E-state index is 0.197. The first kappa shape index (κ1) is 17.0. The molecule has 0 aliphatic carbocycles. The summed E-state index contributed by atoms with van der Waals surface area (Å²) in [5.74, 6) is -0.582. The lowest BCUT2D eigenvalue weighted by Gasteiger charge is -2.19. The van der Waals surface area contributed by atoms with E-state index in [2.05, 4.69) is 4.74 Å². The number of carbonyl (C=O) groups excluding carboxylic acids is 2. The van der Waals surface area contributed by atoms with Gasteiger partial charge in [0.25, 0.3) is 0 Å². The lowest BCUT2D eigenvalue weighted by atomic mass is 10.1. The van der Waals surface area contributed by atoms with Crippen LogP contribution in [0.3, 0.4) is 0 Å². The van der Waals surface area contributed by atoms with Gasteiger partial charge in [0.15, 0.2) is 0 Å². The van der Waals surface area contributed by atoms with Crippen LogP contribution >= 0.6 is 0 Å². The molecule has 4 nitrogen and oxygen atoms in total. The molecule has 0 fully saturated rings. The number of ether oxygens (including phenoxy) is 2. The Labute approximate surface area is 125 Å². The summed E-state index contributed by atoms with van der Waals surface area (Å²) in [6.45, 7) is 5.56. The molecule has 114 valence electrons. The number of methoxy groups -OCH3 is 1. The van der Waals surface area contributed by atoms with Crippen LogP contribution in [0.2, 0.25) is 0 Å². The predicted octanol–water partition coefficient (Wildman–Crippen LogP) is 3.15. The zero-order valence-electron chi connectivity index (χ0n) is 13.0. The Morgan fingerprint density at radius 2 is 1.76 bits per heavy atom. The van der Waals surface area contributed by atoms with Crippen molar-refractivity contribution in [3.8, 4) is 0 Å². The van der Waals surface area contributed by atoms with Gasteiger partial charge in [-0.15, -0.1) is 0 Å². The smallest absolute Gasteiger partial charge is 0.330 e. The second kappa shape index (κ2) is 7.62. The van der Waals surface area contributed by atoms with Gasteiger partial charge in [-0.1, -0.05) is 24.3 Å². The lowest BCUT2D eigenvalue weighted by Crippen LogP contribution is -2.23. The molecule has 1 aromatic rings. The molecular formula is C17H22O4. The van der Waals surface area contributed by atoms with Crippen LogP contribution in [0.5, 0.6) is 0 Å². The quantitative estimate of drug-likeness (QED) is 0.617. The van der Waals surface area contributed by atoms with E-state index in [1.54, 1.807) is 6.08 Å². The van der Waals surface area contributed by atoms with Gasteiger partial charge in [-0.25, -0.2) is 4.79 Å². The van der Waals surface area contributed by atoms with Gasteiger partial charge in [0.05, 0.1) is 7.11 Å². The number of rotatable bonds is 5. The summed E-state index contributed by atoms with van der Waals surface area (Å²) in [5.41, 5.74) is 1.51. The van der Waals surface area contributed by atoms with Crippen LogP contribution in [0.4, 0.5) is 0 Å². The first-order valence-electron chi connectivity index (χ1n) is 6.87. The zero-order valence-corrected chi connectivity index (χ0v) is 13.0. The molecule has 0 amide bonds. The second-order valence-corrected chi connectivity index (χ2v) is 5.68. The van der Waals surface area contributed by atoms with Gasteiger partial charge in [-0.2, -0.15) is 0 Å². The van der Waals surface area contributed by atoms with Crippen LogP contribution in [-0.4, -0.2) is 24.6 Å². The summed E-state index contributed by atoms with van der Waals surface area (Å²) in [6.07, 6.45) is 4.05. The summed E-state index contributed by atoms with van der Waals surface area (Å²) < 4.78 is 9.78. The highest BCUT2D eigenvalue weighted by atomic mass is 16.6. The Kier molecular flexibility index (Phi) is 6.15. The Morgan fingerprint density at radius 1 is 1.14 bits per heavy atom. The molecule has 4 heteroatoms. The molecule has 0 aliphatic rings. The van der Waals surface area contributed by atoms with Crippen LogP contribution in [0, 0.1) is 0 Å². The number of esters is 2. The minimum atomic E-state index is -0.445. The number of hydrogen-bond acceptors (Lipinski definition) is 4. The van der Waals surface area contributed by atoms with Crippen molar-refractivity contribution in [1.82, 2.24) is 0 Å². The first-order valence-corrected chi connectivity index (χ1v) is 6.87. The van der Waals surface area contributed by atoms with E-state index in [4.69, 9.17) is 4.74 Å². The van der Waals surface area contributed by atoms with Crippen molar-refractivity contribution in [2.75, 3.05) is 7.11 Å². The highest BCUT2D eigenvalue weighted by Crippen LogP contribution is 2.12. The van der Waals surface area contributed by atoms with E-state index in [1.807, 2.05) is 45.0 Å². The maximum atomic E-state index is 11.6. The molecule has 0 unspecified atom stereocenters. The average Bonchev–Trinajstić information content (AvgIpc) is 2.41. The van der Waals surface area contributed by atoms with E-state index in [0.717, 1.165) is 11.1 Å². The third-order valence-electron chi connectivity index (χ3n) is 2.63. The van der Waals surface area contributed by atoms with Crippen LogP contribution in [0.25, 0.3) is 6.08 Å². The fourth-order valence-corrected chi connectivity index (χ4v) is 1.67. The van der Waals surface area contributed by atoms with Crippen molar-refractivity contribution in [2.45, 2.75) is 39.2 Å². The predicted molar refractivity (Wildman–Crippen MR) is 81.7 cm³/mol.